The van der Waals surface area contributed by atoms with Crippen LogP contribution in [0.2, 0.25) is 0 Å². The minimum atomic E-state index is -3.47. The van der Waals surface area contributed by atoms with Crippen molar-refractivity contribution in [1.29, 1.82) is 0 Å². The van der Waals surface area contributed by atoms with Crippen LogP contribution in [0.4, 0.5) is 24.5 Å². The fourth-order valence-corrected chi connectivity index (χ4v) is 3.53. The molecule has 0 bridgehead atoms. The van der Waals surface area contributed by atoms with E-state index >= 15 is 8.78 Å². The molecule has 4 nitrogen and oxygen atoms in total. The van der Waals surface area contributed by atoms with Crippen LogP contribution in [0.1, 0.15) is 32.0 Å². The molecule has 1 aliphatic heterocycles. The number of aryl methyl sites for hydroxylation is 1. The molecule has 8 heteroatoms. The van der Waals surface area contributed by atoms with Gasteiger partial charge in [0.1, 0.15) is 21.9 Å². The zero-order chi connectivity index (χ0) is 20.7. The molecule has 1 aliphatic rings. The third-order valence-corrected chi connectivity index (χ3v) is 5.26. The van der Waals surface area contributed by atoms with Crippen molar-refractivity contribution >= 4 is 28.6 Å². The number of pyridine rings is 1. The lowest BCUT2D eigenvalue weighted by molar-refractivity contribution is -0.216. The lowest BCUT2D eigenvalue weighted by Gasteiger charge is -2.44. The number of nitrogens with one attached hydrogen (secondary N) is 2. The van der Waals surface area contributed by atoms with Crippen molar-refractivity contribution in [3.8, 4) is 0 Å². The second-order valence-electron chi connectivity index (χ2n) is 7.55. The van der Waals surface area contributed by atoms with E-state index in [-0.39, 0.29) is 17.2 Å². The van der Waals surface area contributed by atoms with Crippen LogP contribution in [0.25, 0.3) is 0 Å². The lowest BCUT2D eigenvalue weighted by atomic mass is 9.77. The summed E-state index contributed by atoms with van der Waals surface area (Å²) >= 11 is 5.12. The van der Waals surface area contributed by atoms with Crippen molar-refractivity contribution in [2.75, 3.05) is 11.9 Å². The second kappa shape index (κ2) is 7.00. The van der Waals surface area contributed by atoms with E-state index in [0.717, 1.165) is 11.8 Å². The normalized spacial score (nSPS) is 23.6. The first-order chi connectivity index (χ1) is 13.0. The maximum atomic E-state index is 15.5. The first-order valence-corrected chi connectivity index (χ1v) is 9.19. The maximum Gasteiger partial charge on any atom is 0.302 e. The minimum absolute atomic E-state index is 0.0910. The number of aromatic nitrogens is 1. The fraction of sp³-hybridized carbons (Fsp3) is 0.400. The molecule has 0 aliphatic carbocycles. The van der Waals surface area contributed by atoms with E-state index in [2.05, 4.69) is 15.6 Å². The molecular weight excluding hydrogens is 387 g/mol. The molecule has 1 fully saturated rings. The average molecular weight is 409 g/mol. The zero-order valence-corrected chi connectivity index (χ0v) is 16.9. The molecule has 3 rings (SSSR count). The standard InChI is InChI=1S/C20H22F3N3OS/c1-12-5-6-14(10-24-12)25-13-7-8-16(21)15(9-13)19(4)20(22,23)18(2,3)27-11-17(28)26-19/h5-10,25H,11H2,1-4H3,(H,26,28)/t19-/m1/s1. The van der Waals surface area contributed by atoms with Crippen molar-refractivity contribution in [3.63, 3.8) is 0 Å². The smallest absolute Gasteiger partial charge is 0.302 e. The number of hydrogen-bond acceptors (Lipinski definition) is 4. The molecule has 0 amide bonds. The van der Waals surface area contributed by atoms with E-state index in [0.29, 0.717) is 11.4 Å². The molecule has 0 spiro atoms. The van der Waals surface area contributed by atoms with Crippen LogP contribution < -0.4 is 10.6 Å². The molecule has 2 aromatic rings. The number of nitrogens with zero attached hydrogens (tertiary/aromatic N) is 1. The van der Waals surface area contributed by atoms with E-state index in [1.807, 2.05) is 13.0 Å². The molecular formula is C20H22F3N3OS. The Morgan fingerprint density at radius 3 is 2.46 bits per heavy atom. The fourth-order valence-electron chi connectivity index (χ4n) is 3.26. The third kappa shape index (κ3) is 3.46. The Kier molecular flexibility index (Phi) is 5.14. The number of rotatable bonds is 3. The van der Waals surface area contributed by atoms with Crippen LogP contribution in [0.3, 0.4) is 0 Å². The van der Waals surface area contributed by atoms with Crippen LogP contribution in [0, 0.1) is 12.7 Å². The van der Waals surface area contributed by atoms with Gasteiger partial charge < -0.3 is 15.4 Å². The van der Waals surface area contributed by atoms with Crippen molar-refractivity contribution < 1.29 is 17.9 Å². The molecule has 1 atom stereocenters. The van der Waals surface area contributed by atoms with Gasteiger partial charge in [0.25, 0.3) is 0 Å². The van der Waals surface area contributed by atoms with E-state index < -0.39 is 22.9 Å². The van der Waals surface area contributed by atoms with Crippen LogP contribution in [0.5, 0.6) is 0 Å². The van der Waals surface area contributed by atoms with Gasteiger partial charge in [0.05, 0.1) is 18.5 Å². The van der Waals surface area contributed by atoms with Gasteiger partial charge in [-0.2, -0.15) is 0 Å². The largest absolute Gasteiger partial charge is 0.363 e. The topological polar surface area (TPSA) is 46.2 Å². The highest BCUT2D eigenvalue weighted by Gasteiger charge is 2.64. The number of ether oxygens (including phenoxy) is 1. The monoisotopic (exact) mass is 409 g/mol. The summed E-state index contributed by atoms with van der Waals surface area (Å²) < 4.78 is 51.0. The van der Waals surface area contributed by atoms with Crippen molar-refractivity contribution in [3.05, 3.63) is 53.6 Å². The minimum Gasteiger partial charge on any atom is -0.363 e. The molecule has 0 saturated carbocycles. The number of hydrogen-bond donors (Lipinski definition) is 2. The molecule has 0 radical (unpaired) electrons. The number of halogens is 3. The molecule has 1 aromatic heterocycles. The van der Waals surface area contributed by atoms with Crippen molar-refractivity contribution in [2.24, 2.45) is 0 Å². The van der Waals surface area contributed by atoms with E-state index in [4.69, 9.17) is 17.0 Å². The van der Waals surface area contributed by atoms with Gasteiger partial charge in [0, 0.05) is 16.9 Å². The van der Waals surface area contributed by atoms with Crippen LogP contribution in [-0.2, 0) is 10.3 Å². The summed E-state index contributed by atoms with van der Waals surface area (Å²) in [6.45, 7) is 5.48. The summed E-state index contributed by atoms with van der Waals surface area (Å²) in [7, 11) is 0. The molecule has 2 heterocycles. The SMILES string of the molecule is Cc1ccc(Nc2ccc(F)c([C@@]3(C)NC(=S)COC(C)(C)C3(F)F)c2)cn1. The Hall–Kier alpha value is -2.19. The van der Waals surface area contributed by atoms with E-state index in [9.17, 15) is 4.39 Å². The first kappa shape index (κ1) is 20.5. The highest BCUT2D eigenvalue weighted by atomic mass is 32.1. The number of anilines is 2. The Labute approximate surface area is 167 Å². The summed E-state index contributed by atoms with van der Waals surface area (Å²) in [5, 5.41) is 5.70. The average Bonchev–Trinajstić information content (AvgIpc) is 2.68. The van der Waals surface area contributed by atoms with Gasteiger partial charge in [-0.1, -0.05) is 12.2 Å². The second-order valence-corrected chi connectivity index (χ2v) is 8.05. The zero-order valence-electron chi connectivity index (χ0n) is 16.1. The van der Waals surface area contributed by atoms with Gasteiger partial charge in [0.2, 0.25) is 0 Å². The molecule has 2 N–H and O–H groups in total. The van der Waals surface area contributed by atoms with E-state index in [1.54, 1.807) is 12.3 Å². The predicted octanol–water partition coefficient (Wildman–Crippen LogP) is 4.85. The molecule has 0 unspecified atom stereocenters. The van der Waals surface area contributed by atoms with Gasteiger partial charge in [-0.3, -0.25) is 4.98 Å². The summed E-state index contributed by atoms with van der Waals surface area (Å²) in [5.74, 6) is -4.23. The highest BCUT2D eigenvalue weighted by Crippen LogP contribution is 2.48. The van der Waals surface area contributed by atoms with Crippen LogP contribution >= 0.6 is 12.2 Å². The Balaban J connectivity index is 2.07. The quantitative estimate of drug-likeness (QED) is 0.710. The van der Waals surface area contributed by atoms with Gasteiger partial charge in [0.15, 0.2) is 0 Å². The van der Waals surface area contributed by atoms with Crippen molar-refractivity contribution in [1.82, 2.24) is 10.3 Å². The summed E-state index contributed by atoms with van der Waals surface area (Å²) in [6.07, 6.45) is 1.62. The Bertz CT molecular complexity index is 902. The summed E-state index contributed by atoms with van der Waals surface area (Å²) in [5.41, 5.74) is -2.20. The number of alkyl halides is 2. The summed E-state index contributed by atoms with van der Waals surface area (Å²) in [4.78, 5) is 4.27. The van der Waals surface area contributed by atoms with E-state index in [1.165, 1.54) is 32.9 Å². The molecule has 1 saturated heterocycles. The van der Waals surface area contributed by atoms with Crippen molar-refractivity contribution in [2.45, 2.75) is 44.8 Å². The highest BCUT2D eigenvalue weighted by molar-refractivity contribution is 7.80. The van der Waals surface area contributed by atoms with Gasteiger partial charge >= 0.3 is 5.92 Å². The number of benzene rings is 1. The summed E-state index contributed by atoms with van der Waals surface area (Å²) in [6, 6.07) is 7.62. The lowest BCUT2D eigenvalue weighted by Crippen LogP contribution is -2.62. The molecule has 1 aromatic carbocycles. The third-order valence-electron chi connectivity index (χ3n) is 5.04. The van der Waals surface area contributed by atoms with Gasteiger partial charge in [-0.05, 0) is 58.0 Å². The van der Waals surface area contributed by atoms with Gasteiger partial charge in [-0.25, -0.2) is 13.2 Å². The Morgan fingerprint density at radius 2 is 1.82 bits per heavy atom. The first-order valence-electron chi connectivity index (χ1n) is 8.79. The predicted molar refractivity (Wildman–Crippen MR) is 107 cm³/mol. The molecule has 150 valence electrons. The van der Waals surface area contributed by atoms with Crippen LogP contribution in [-0.4, -0.2) is 28.1 Å². The van der Waals surface area contributed by atoms with Gasteiger partial charge in [-0.15, -0.1) is 0 Å². The van der Waals surface area contributed by atoms with Crippen LogP contribution in [0.15, 0.2) is 36.5 Å². The Morgan fingerprint density at radius 1 is 1.14 bits per heavy atom. The number of thiocarbonyl (C=S) groups is 1. The maximum absolute atomic E-state index is 15.5. The molecule has 28 heavy (non-hydrogen) atoms.